The van der Waals surface area contributed by atoms with Gasteiger partial charge in [0, 0.05) is 12.0 Å². The molecule has 1 aliphatic carbocycles. The van der Waals surface area contributed by atoms with Crippen molar-refractivity contribution in [2.75, 3.05) is 0 Å². The van der Waals surface area contributed by atoms with Crippen molar-refractivity contribution < 1.29 is 22.3 Å². The van der Waals surface area contributed by atoms with Crippen LogP contribution in [-0.4, -0.2) is 20.4 Å². The summed E-state index contributed by atoms with van der Waals surface area (Å²) in [5.41, 5.74) is 0.835. The van der Waals surface area contributed by atoms with Crippen LogP contribution in [0.25, 0.3) is 0 Å². The summed E-state index contributed by atoms with van der Waals surface area (Å²) in [5, 5.41) is 2.98. The zero-order valence-corrected chi connectivity index (χ0v) is 20.3. The van der Waals surface area contributed by atoms with Crippen LogP contribution in [0.2, 0.25) is 0 Å². The van der Waals surface area contributed by atoms with Crippen LogP contribution in [0, 0.1) is 11.7 Å². The third kappa shape index (κ3) is 6.68. The molecular formula is C27H29FN2O4S. The first kappa shape index (κ1) is 24.9. The predicted molar refractivity (Wildman–Crippen MR) is 132 cm³/mol. The molecule has 3 aromatic carbocycles. The molecular weight excluding hydrogens is 467 g/mol. The van der Waals surface area contributed by atoms with Crippen LogP contribution in [0.4, 0.5) is 4.39 Å². The maximum atomic E-state index is 13.1. The number of sulfonamides is 1. The van der Waals surface area contributed by atoms with Gasteiger partial charge < -0.3 is 10.1 Å². The second-order valence-corrected chi connectivity index (χ2v) is 10.6. The molecule has 1 saturated carbocycles. The highest BCUT2D eigenvalue weighted by Crippen LogP contribution is 2.28. The smallest absolute Gasteiger partial charge is 0.240 e. The molecule has 6 nitrogen and oxygen atoms in total. The third-order valence-corrected chi connectivity index (χ3v) is 7.80. The van der Waals surface area contributed by atoms with Crippen LogP contribution >= 0.6 is 0 Å². The van der Waals surface area contributed by atoms with E-state index in [1.54, 1.807) is 24.3 Å². The molecule has 0 aromatic heterocycles. The normalized spacial score (nSPS) is 19.0. The minimum Gasteiger partial charge on any atom is -0.457 e. The topological polar surface area (TPSA) is 84.5 Å². The summed E-state index contributed by atoms with van der Waals surface area (Å²) in [6, 6.07) is 21.2. The fourth-order valence-electron chi connectivity index (χ4n) is 4.24. The molecule has 8 heteroatoms. The molecule has 1 aliphatic rings. The van der Waals surface area contributed by atoms with Crippen LogP contribution in [-0.2, 0) is 14.8 Å². The van der Waals surface area contributed by atoms with Crippen LogP contribution in [0.3, 0.4) is 0 Å². The molecule has 1 fully saturated rings. The molecule has 3 aromatic rings. The maximum Gasteiger partial charge on any atom is 0.240 e. The summed E-state index contributed by atoms with van der Waals surface area (Å²) >= 11 is 0. The Kier molecular flexibility index (Phi) is 7.83. The van der Waals surface area contributed by atoms with Crippen molar-refractivity contribution >= 4 is 15.9 Å². The number of hydrogen-bond donors (Lipinski definition) is 2. The van der Waals surface area contributed by atoms with Crippen LogP contribution in [0.15, 0.2) is 83.8 Å². The van der Waals surface area contributed by atoms with Crippen molar-refractivity contribution in [3.05, 3.63) is 90.2 Å². The lowest BCUT2D eigenvalue weighted by molar-refractivity contribution is -0.126. The number of carbonyl (C=O) groups excluding carboxylic acids is 1. The number of amides is 1. The van der Waals surface area contributed by atoms with Crippen LogP contribution in [0.5, 0.6) is 11.5 Å². The number of ether oxygens (including phenoxy) is 1. The van der Waals surface area contributed by atoms with Crippen LogP contribution < -0.4 is 14.8 Å². The fourth-order valence-corrected chi connectivity index (χ4v) is 5.54. The first-order valence-electron chi connectivity index (χ1n) is 11.7. The molecule has 0 spiro atoms. The van der Waals surface area contributed by atoms with E-state index in [1.807, 2.05) is 37.3 Å². The molecule has 1 atom stereocenters. The second-order valence-electron chi connectivity index (χ2n) is 8.84. The van der Waals surface area contributed by atoms with Gasteiger partial charge in [-0.25, -0.2) is 17.5 Å². The van der Waals surface area contributed by atoms with Gasteiger partial charge in [-0.15, -0.1) is 0 Å². The minimum absolute atomic E-state index is 0.0582. The maximum absolute atomic E-state index is 13.1. The summed E-state index contributed by atoms with van der Waals surface area (Å²) < 4.78 is 47.3. The number of carbonyl (C=O) groups is 1. The van der Waals surface area contributed by atoms with Crippen LogP contribution in [0.1, 0.15) is 44.2 Å². The Labute approximate surface area is 205 Å². The second kappa shape index (κ2) is 11.0. The summed E-state index contributed by atoms with van der Waals surface area (Å²) in [6.45, 7) is 1.86. The molecule has 1 amide bonds. The molecule has 0 saturated heterocycles. The average Bonchev–Trinajstić information content (AvgIpc) is 2.85. The number of rotatable bonds is 8. The standard InChI is InChI=1S/C27H29FN2O4S/c1-19(20-7-11-22(28)12-8-20)29-27(31)21-9-13-23(14-10-21)30-35(32,33)26-17-15-25(16-18-26)34-24-5-3-2-4-6-24/h2-8,11-12,15-19,21,23,30H,9-10,13-14H2,1H3,(H,29,31)/t19-,21?,23?/m1/s1. The SMILES string of the molecule is C[C@@H](NC(=O)C1CCC(NS(=O)(=O)c2ccc(Oc3ccccc3)cc2)CC1)c1ccc(F)cc1. The van der Waals surface area contributed by atoms with Gasteiger partial charge in [-0.1, -0.05) is 30.3 Å². The number of halogens is 1. The van der Waals surface area contributed by atoms with E-state index < -0.39 is 10.0 Å². The summed E-state index contributed by atoms with van der Waals surface area (Å²) in [6.07, 6.45) is 2.35. The van der Waals surface area contributed by atoms with Crippen molar-refractivity contribution in [1.82, 2.24) is 10.0 Å². The molecule has 0 radical (unpaired) electrons. The van der Waals surface area contributed by atoms with E-state index in [4.69, 9.17) is 4.74 Å². The zero-order valence-electron chi connectivity index (χ0n) is 19.5. The van der Waals surface area contributed by atoms with E-state index in [2.05, 4.69) is 10.0 Å². The lowest BCUT2D eigenvalue weighted by Gasteiger charge is -2.29. The summed E-state index contributed by atoms with van der Waals surface area (Å²) in [5.74, 6) is 0.681. The van der Waals surface area contributed by atoms with Gasteiger partial charge >= 0.3 is 0 Å². The van der Waals surface area contributed by atoms with Crippen molar-refractivity contribution in [3.8, 4) is 11.5 Å². The predicted octanol–water partition coefficient (Wildman–Crippen LogP) is 5.33. The number of para-hydroxylation sites is 1. The third-order valence-electron chi connectivity index (χ3n) is 6.26. The number of nitrogens with one attached hydrogen (secondary N) is 2. The Hall–Kier alpha value is -3.23. The average molecular weight is 497 g/mol. The van der Waals surface area contributed by atoms with E-state index >= 15 is 0 Å². The van der Waals surface area contributed by atoms with E-state index in [0.717, 1.165) is 5.56 Å². The molecule has 4 rings (SSSR count). The molecule has 2 N–H and O–H groups in total. The molecule has 0 heterocycles. The lowest BCUT2D eigenvalue weighted by atomic mass is 9.85. The highest BCUT2D eigenvalue weighted by Gasteiger charge is 2.29. The van der Waals surface area contributed by atoms with Crippen molar-refractivity contribution in [1.29, 1.82) is 0 Å². The Bertz CT molecular complexity index is 1220. The first-order chi connectivity index (χ1) is 16.8. The Morgan fingerprint density at radius 1 is 0.886 bits per heavy atom. The Morgan fingerprint density at radius 2 is 1.49 bits per heavy atom. The number of benzene rings is 3. The van der Waals surface area contributed by atoms with Gasteiger partial charge in [-0.3, -0.25) is 4.79 Å². The van der Waals surface area contributed by atoms with Gasteiger partial charge in [0.05, 0.1) is 10.9 Å². The van der Waals surface area contributed by atoms with Gasteiger partial charge in [0.1, 0.15) is 17.3 Å². The molecule has 184 valence electrons. The highest BCUT2D eigenvalue weighted by molar-refractivity contribution is 7.89. The largest absolute Gasteiger partial charge is 0.457 e. The highest BCUT2D eigenvalue weighted by atomic mass is 32.2. The summed E-state index contributed by atoms with van der Waals surface area (Å²) in [4.78, 5) is 12.9. The van der Waals surface area contributed by atoms with Gasteiger partial charge in [0.25, 0.3) is 0 Å². The lowest BCUT2D eigenvalue weighted by Crippen LogP contribution is -2.41. The minimum atomic E-state index is -3.68. The summed E-state index contributed by atoms with van der Waals surface area (Å²) in [7, 11) is -3.68. The monoisotopic (exact) mass is 496 g/mol. The molecule has 0 unspecified atom stereocenters. The van der Waals surface area contributed by atoms with Gasteiger partial charge in [0.2, 0.25) is 15.9 Å². The zero-order chi connectivity index (χ0) is 24.8. The van der Waals surface area contributed by atoms with Crippen molar-refractivity contribution in [2.45, 2.75) is 49.6 Å². The van der Waals surface area contributed by atoms with Gasteiger partial charge in [-0.2, -0.15) is 0 Å². The Morgan fingerprint density at radius 3 is 2.11 bits per heavy atom. The number of hydrogen-bond acceptors (Lipinski definition) is 4. The van der Waals surface area contributed by atoms with E-state index in [0.29, 0.717) is 37.2 Å². The quantitative estimate of drug-likeness (QED) is 0.441. The van der Waals surface area contributed by atoms with E-state index in [1.165, 1.54) is 24.3 Å². The molecule has 0 bridgehead atoms. The van der Waals surface area contributed by atoms with E-state index in [-0.39, 0.29) is 34.6 Å². The van der Waals surface area contributed by atoms with Gasteiger partial charge in [0.15, 0.2) is 0 Å². The molecule has 0 aliphatic heterocycles. The van der Waals surface area contributed by atoms with Crippen molar-refractivity contribution in [2.24, 2.45) is 5.92 Å². The molecule has 35 heavy (non-hydrogen) atoms. The van der Waals surface area contributed by atoms with E-state index in [9.17, 15) is 17.6 Å². The van der Waals surface area contributed by atoms with Gasteiger partial charge in [-0.05, 0) is 86.7 Å². The fraction of sp³-hybridized carbons (Fsp3) is 0.296. The van der Waals surface area contributed by atoms with Crippen molar-refractivity contribution in [3.63, 3.8) is 0 Å². The Balaban J connectivity index is 1.27. The first-order valence-corrected chi connectivity index (χ1v) is 13.2.